The van der Waals surface area contributed by atoms with Crippen LogP contribution in [0.2, 0.25) is 0 Å². The fourth-order valence-electron chi connectivity index (χ4n) is 5.17. The summed E-state index contributed by atoms with van der Waals surface area (Å²) in [6.45, 7) is 20.4. The minimum absolute atomic E-state index is 0.0354. The van der Waals surface area contributed by atoms with Crippen molar-refractivity contribution in [2.24, 2.45) is 23.7 Å². The Hall–Kier alpha value is -2.85. The summed E-state index contributed by atoms with van der Waals surface area (Å²) in [5, 5.41) is 1.56. The molecule has 0 saturated carbocycles. The summed E-state index contributed by atoms with van der Waals surface area (Å²) in [6.07, 6.45) is 0.310. The summed E-state index contributed by atoms with van der Waals surface area (Å²) >= 11 is 0. The zero-order valence-electron chi connectivity index (χ0n) is 33.8. The number of hydrogen-bond acceptors (Lipinski definition) is 14. The highest BCUT2D eigenvalue weighted by atomic mass is 16.5. The fraction of sp³-hybridized carbons (Fsp3) is 0.865. The van der Waals surface area contributed by atoms with Gasteiger partial charge >= 0.3 is 23.9 Å². The van der Waals surface area contributed by atoms with Gasteiger partial charge in [0.2, 0.25) is 5.91 Å². The molecule has 302 valence electrons. The summed E-state index contributed by atoms with van der Waals surface area (Å²) < 4.78 is 22.3. The van der Waals surface area contributed by atoms with Crippen molar-refractivity contribution >= 4 is 29.8 Å². The number of esters is 4. The molecular formula is C37H70N6O9. The van der Waals surface area contributed by atoms with Crippen LogP contribution in [0.3, 0.4) is 0 Å². The van der Waals surface area contributed by atoms with E-state index in [0.29, 0.717) is 72.2 Å². The lowest BCUT2D eigenvalue weighted by atomic mass is 10.1. The number of amides is 1. The van der Waals surface area contributed by atoms with Crippen LogP contribution in [-0.2, 0) is 42.9 Å². The van der Waals surface area contributed by atoms with Crippen molar-refractivity contribution in [3.05, 3.63) is 0 Å². The Kier molecular flexibility index (Phi) is 23.6. The van der Waals surface area contributed by atoms with Gasteiger partial charge in [0.25, 0.3) is 0 Å². The Morgan fingerprint density at radius 3 is 1.19 bits per heavy atom. The summed E-state index contributed by atoms with van der Waals surface area (Å²) in [7, 11) is 3.44. The maximum atomic E-state index is 13.7. The van der Waals surface area contributed by atoms with Crippen LogP contribution in [0, 0.1) is 23.7 Å². The molecular weight excluding hydrogens is 672 g/mol. The molecule has 0 unspecified atom stereocenters. The number of rotatable bonds is 20. The predicted molar refractivity (Wildman–Crippen MR) is 199 cm³/mol. The molecule has 1 aliphatic rings. The minimum atomic E-state index is -0.744. The van der Waals surface area contributed by atoms with E-state index < -0.39 is 12.0 Å². The van der Waals surface area contributed by atoms with E-state index in [1.54, 1.807) is 19.1 Å². The molecule has 52 heavy (non-hydrogen) atoms. The van der Waals surface area contributed by atoms with Gasteiger partial charge in [-0.05, 0) is 30.1 Å². The second-order valence-corrected chi connectivity index (χ2v) is 15.6. The number of nitrogens with one attached hydrogen (secondary N) is 1. The van der Waals surface area contributed by atoms with Crippen LogP contribution in [0.15, 0.2) is 0 Å². The smallest absolute Gasteiger partial charge is 0.323 e. The summed E-state index contributed by atoms with van der Waals surface area (Å²) in [5.41, 5.74) is 2.74. The molecule has 0 aromatic carbocycles. The Morgan fingerprint density at radius 1 is 0.538 bits per heavy atom. The molecule has 0 bridgehead atoms. The van der Waals surface area contributed by atoms with Gasteiger partial charge in [-0.3, -0.25) is 49.0 Å². The van der Waals surface area contributed by atoms with E-state index >= 15 is 0 Å². The first-order valence-corrected chi connectivity index (χ1v) is 19.0. The second-order valence-electron chi connectivity index (χ2n) is 15.6. The molecule has 0 aromatic heterocycles. The highest BCUT2D eigenvalue weighted by Gasteiger charge is 2.30. The van der Waals surface area contributed by atoms with Gasteiger partial charge in [0.05, 0.1) is 46.1 Å². The molecule has 1 saturated heterocycles. The van der Waals surface area contributed by atoms with E-state index in [1.807, 2.05) is 75.0 Å². The Balaban J connectivity index is 3.45. The van der Waals surface area contributed by atoms with Gasteiger partial charge in [-0.1, -0.05) is 55.4 Å². The number of nitrogens with zero attached hydrogens (tertiary/aromatic N) is 5. The van der Waals surface area contributed by atoms with Crippen molar-refractivity contribution in [1.82, 2.24) is 30.0 Å². The molecule has 15 heteroatoms. The number of carbonyl (C=O) groups excluding carboxylic acids is 5. The maximum Gasteiger partial charge on any atom is 0.323 e. The fourth-order valence-corrected chi connectivity index (χ4v) is 5.17. The number of hydrogen-bond donors (Lipinski definition) is 1. The maximum absolute atomic E-state index is 13.7. The standard InChI is InChI=1S/C37H70N6O9/c1-28(2)24-49-34(45)21-40-13-15-41(22-35(46)50-25-29(3)4)17-19-43(20-18-42(16-14-40)23-36(47)51-26-30(5)6)32(37(48)52-27-31(7)8)11-12-33(44)38-39(9)10/h28-32H,11-27H2,1-10H3,(H,38,44)/t32-/m1/s1. The van der Waals surface area contributed by atoms with Crippen molar-refractivity contribution in [2.45, 2.75) is 74.3 Å². The molecule has 1 aliphatic heterocycles. The molecule has 1 fully saturated rings. The molecule has 1 heterocycles. The van der Waals surface area contributed by atoms with Crippen LogP contribution in [0.25, 0.3) is 0 Å². The molecule has 0 radical (unpaired) electrons. The molecule has 0 aromatic rings. The Morgan fingerprint density at radius 2 is 0.865 bits per heavy atom. The van der Waals surface area contributed by atoms with Crippen LogP contribution in [-0.4, -0.2) is 173 Å². The first-order valence-electron chi connectivity index (χ1n) is 19.0. The van der Waals surface area contributed by atoms with Crippen molar-refractivity contribution in [1.29, 1.82) is 0 Å². The molecule has 0 aliphatic carbocycles. The minimum Gasteiger partial charge on any atom is -0.464 e. The van der Waals surface area contributed by atoms with Gasteiger partial charge in [0.1, 0.15) is 6.04 Å². The second kappa shape index (κ2) is 26.0. The van der Waals surface area contributed by atoms with Crippen LogP contribution in [0.5, 0.6) is 0 Å². The predicted octanol–water partition coefficient (Wildman–Crippen LogP) is 1.75. The third-order valence-electron chi connectivity index (χ3n) is 7.93. The molecule has 1 N–H and O–H groups in total. The monoisotopic (exact) mass is 743 g/mol. The summed E-state index contributed by atoms with van der Waals surface area (Å²) in [4.78, 5) is 73.0. The quantitative estimate of drug-likeness (QED) is 0.110. The van der Waals surface area contributed by atoms with E-state index in [9.17, 15) is 24.0 Å². The van der Waals surface area contributed by atoms with Gasteiger partial charge in [0.15, 0.2) is 0 Å². The Bertz CT molecular complexity index is 1030. The highest BCUT2D eigenvalue weighted by Crippen LogP contribution is 2.13. The number of hydrazine groups is 1. The average molecular weight is 743 g/mol. The topological polar surface area (TPSA) is 150 Å². The lowest BCUT2D eigenvalue weighted by molar-refractivity contribution is -0.153. The van der Waals surface area contributed by atoms with Gasteiger partial charge in [-0.25, -0.2) is 5.01 Å². The van der Waals surface area contributed by atoms with E-state index in [0.717, 1.165) is 0 Å². The lowest BCUT2D eigenvalue weighted by Gasteiger charge is -2.36. The van der Waals surface area contributed by atoms with E-state index in [1.165, 1.54) is 0 Å². The average Bonchev–Trinajstić information content (AvgIpc) is 3.04. The molecule has 1 atom stereocenters. The van der Waals surface area contributed by atoms with Crippen LogP contribution in [0.1, 0.15) is 68.2 Å². The van der Waals surface area contributed by atoms with Crippen LogP contribution >= 0.6 is 0 Å². The van der Waals surface area contributed by atoms with E-state index in [2.05, 4.69) is 5.43 Å². The molecule has 15 nitrogen and oxygen atoms in total. The number of ether oxygens (including phenoxy) is 4. The first-order chi connectivity index (χ1) is 24.4. The van der Waals surface area contributed by atoms with Crippen molar-refractivity contribution < 1.29 is 42.9 Å². The third kappa shape index (κ3) is 22.9. The van der Waals surface area contributed by atoms with Gasteiger partial charge < -0.3 is 18.9 Å². The van der Waals surface area contributed by atoms with Crippen LogP contribution < -0.4 is 5.43 Å². The lowest BCUT2D eigenvalue weighted by Crippen LogP contribution is -2.52. The summed E-state index contributed by atoms with van der Waals surface area (Å²) in [5.74, 6) is -0.989. The highest BCUT2D eigenvalue weighted by molar-refractivity contribution is 5.79. The zero-order valence-corrected chi connectivity index (χ0v) is 33.8. The molecule has 0 spiro atoms. The normalized spacial score (nSPS) is 16.8. The zero-order chi connectivity index (χ0) is 39.2. The van der Waals surface area contributed by atoms with Gasteiger partial charge in [0, 0.05) is 72.9 Å². The largest absolute Gasteiger partial charge is 0.464 e. The third-order valence-corrected chi connectivity index (χ3v) is 7.93. The first kappa shape index (κ1) is 47.2. The Labute approximate surface area is 312 Å². The van der Waals surface area contributed by atoms with E-state index in [-0.39, 0.29) is 86.6 Å². The SMILES string of the molecule is CC(C)COC(=O)CN1CCN(CC(=O)OCC(C)C)CCN([C@H](CCC(=O)NN(C)C)C(=O)OCC(C)C)CCN(CC(=O)OCC(C)C)CC1. The van der Waals surface area contributed by atoms with Crippen molar-refractivity contribution in [3.8, 4) is 0 Å². The van der Waals surface area contributed by atoms with Gasteiger partial charge in [-0.15, -0.1) is 0 Å². The molecule has 1 rings (SSSR count). The van der Waals surface area contributed by atoms with E-state index in [4.69, 9.17) is 18.9 Å². The number of carbonyl (C=O) groups is 5. The summed E-state index contributed by atoms with van der Waals surface area (Å²) in [6, 6.07) is -0.744. The van der Waals surface area contributed by atoms with Crippen LogP contribution in [0.4, 0.5) is 0 Å². The van der Waals surface area contributed by atoms with Crippen molar-refractivity contribution in [3.63, 3.8) is 0 Å². The van der Waals surface area contributed by atoms with Crippen molar-refractivity contribution in [2.75, 3.05) is 113 Å². The van der Waals surface area contributed by atoms with Gasteiger partial charge in [-0.2, -0.15) is 0 Å². The molecule has 1 amide bonds.